The fraction of sp³-hybridized carbons (Fsp3) is 0.600. The Morgan fingerprint density at radius 3 is 2.46 bits per heavy atom. The number of benzene rings is 1. The molecule has 156 valence electrons. The number of hydrogen-bond donors (Lipinski definition) is 1. The van der Waals surface area contributed by atoms with Gasteiger partial charge in [0.15, 0.2) is 0 Å². The monoisotopic (exact) mass is 427 g/mol. The van der Waals surface area contributed by atoms with E-state index in [0.717, 1.165) is 70.0 Å². The van der Waals surface area contributed by atoms with Gasteiger partial charge in [-0.3, -0.25) is 0 Å². The second-order valence-electron chi connectivity index (χ2n) is 7.57. The first kappa shape index (κ1) is 22.9. The second kappa shape index (κ2) is 10.4. The van der Waals surface area contributed by atoms with Gasteiger partial charge in [-0.15, -0.1) is 24.8 Å². The van der Waals surface area contributed by atoms with Gasteiger partial charge in [0.1, 0.15) is 5.82 Å². The maximum atomic E-state index is 13.2. The number of likely N-dealkylation sites (tertiary alicyclic amines) is 1. The lowest BCUT2D eigenvalue weighted by atomic mass is 9.97. The van der Waals surface area contributed by atoms with Crippen LogP contribution in [0.5, 0.6) is 0 Å². The fourth-order valence-corrected chi connectivity index (χ4v) is 4.30. The fourth-order valence-electron chi connectivity index (χ4n) is 4.30. The van der Waals surface area contributed by atoms with Crippen LogP contribution in [0.15, 0.2) is 35.1 Å². The highest BCUT2D eigenvalue weighted by Gasteiger charge is 2.27. The van der Waals surface area contributed by atoms with Gasteiger partial charge in [0.2, 0.25) is 0 Å². The highest BCUT2D eigenvalue weighted by molar-refractivity contribution is 5.85. The highest BCUT2D eigenvalue weighted by Crippen LogP contribution is 2.25. The molecule has 0 spiro atoms. The van der Waals surface area contributed by atoms with E-state index < -0.39 is 0 Å². The lowest BCUT2D eigenvalue weighted by molar-refractivity contribution is 0.326. The van der Waals surface area contributed by atoms with E-state index in [9.17, 15) is 4.79 Å². The maximum Gasteiger partial charge on any atom is 0.350 e. The summed E-state index contributed by atoms with van der Waals surface area (Å²) in [5, 5.41) is 8.25. The Hall–Kier alpha value is -1.34. The zero-order valence-electron chi connectivity index (χ0n) is 16.4. The molecule has 1 aromatic carbocycles. The van der Waals surface area contributed by atoms with Crippen molar-refractivity contribution in [2.45, 2.75) is 38.6 Å². The molecule has 2 aromatic rings. The summed E-state index contributed by atoms with van der Waals surface area (Å²) in [5.41, 5.74) is 0.943. The maximum absolute atomic E-state index is 13.2. The predicted octanol–water partition coefficient (Wildman–Crippen LogP) is 2.69. The third-order valence-corrected chi connectivity index (χ3v) is 5.83. The van der Waals surface area contributed by atoms with Crippen molar-refractivity contribution in [2.24, 2.45) is 5.92 Å². The number of piperidine rings is 1. The van der Waals surface area contributed by atoms with E-state index in [4.69, 9.17) is 5.10 Å². The number of hydrogen-bond acceptors (Lipinski definition) is 4. The molecule has 2 fully saturated rings. The first-order valence-corrected chi connectivity index (χ1v) is 9.94. The van der Waals surface area contributed by atoms with Gasteiger partial charge in [-0.05, 0) is 63.5 Å². The van der Waals surface area contributed by atoms with Crippen LogP contribution in [-0.4, -0.2) is 52.0 Å². The molecule has 2 aliphatic rings. The molecule has 0 radical (unpaired) electrons. The van der Waals surface area contributed by atoms with Crippen molar-refractivity contribution in [1.82, 2.24) is 24.6 Å². The van der Waals surface area contributed by atoms with Gasteiger partial charge in [0.05, 0.1) is 12.2 Å². The molecule has 1 aromatic heterocycles. The Kier molecular flexibility index (Phi) is 8.56. The molecule has 0 aliphatic carbocycles. The summed E-state index contributed by atoms with van der Waals surface area (Å²) in [6.07, 6.45) is 3.23. The summed E-state index contributed by atoms with van der Waals surface area (Å²) >= 11 is 0. The summed E-state index contributed by atoms with van der Waals surface area (Å²) < 4.78 is 3.58. The molecule has 3 heterocycles. The quantitative estimate of drug-likeness (QED) is 0.796. The Labute approximate surface area is 179 Å². The van der Waals surface area contributed by atoms with E-state index in [0.29, 0.717) is 11.8 Å². The SMILES string of the molecule is CCN1CCC(Cn2nc(C3CCNCC3)n(-c3ccccc3)c2=O)C1.Cl.Cl. The number of aromatic nitrogens is 3. The first-order valence-electron chi connectivity index (χ1n) is 9.94. The summed E-state index contributed by atoms with van der Waals surface area (Å²) in [6, 6.07) is 9.97. The van der Waals surface area contributed by atoms with Gasteiger partial charge < -0.3 is 10.2 Å². The number of nitrogens with one attached hydrogen (secondary N) is 1. The second-order valence-corrected chi connectivity index (χ2v) is 7.57. The smallest absolute Gasteiger partial charge is 0.317 e. The van der Waals surface area contributed by atoms with Gasteiger partial charge >= 0.3 is 5.69 Å². The van der Waals surface area contributed by atoms with Crippen LogP contribution in [0.1, 0.15) is 37.9 Å². The van der Waals surface area contributed by atoms with Gasteiger partial charge in [0.25, 0.3) is 0 Å². The highest BCUT2D eigenvalue weighted by atomic mass is 35.5. The van der Waals surface area contributed by atoms with E-state index in [1.165, 1.54) is 0 Å². The molecule has 1 unspecified atom stereocenters. The molecule has 2 saturated heterocycles. The van der Waals surface area contributed by atoms with Crippen LogP contribution in [-0.2, 0) is 6.54 Å². The number of rotatable bonds is 5. The zero-order valence-corrected chi connectivity index (χ0v) is 18.1. The van der Waals surface area contributed by atoms with Crippen molar-refractivity contribution < 1.29 is 0 Å². The van der Waals surface area contributed by atoms with Crippen LogP contribution in [0.2, 0.25) is 0 Å². The average Bonchev–Trinajstić information content (AvgIpc) is 3.28. The van der Waals surface area contributed by atoms with Gasteiger partial charge in [0, 0.05) is 12.5 Å². The largest absolute Gasteiger partial charge is 0.350 e. The van der Waals surface area contributed by atoms with Crippen molar-refractivity contribution in [3.8, 4) is 5.69 Å². The van der Waals surface area contributed by atoms with Crippen LogP contribution >= 0.6 is 24.8 Å². The van der Waals surface area contributed by atoms with Crippen LogP contribution < -0.4 is 11.0 Å². The molecule has 2 aliphatic heterocycles. The number of para-hydroxylation sites is 1. The zero-order chi connectivity index (χ0) is 17.9. The molecule has 28 heavy (non-hydrogen) atoms. The molecular formula is C20H31Cl2N5O. The predicted molar refractivity (Wildman–Crippen MR) is 117 cm³/mol. The van der Waals surface area contributed by atoms with Gasteiger partial charge in [-0.1, -0.05) is 25.1 Å². The molecular weight excluding hydrogens is 397 g/mol. The van der Waals surface area contributed by atoms with E-state index >= 15 is 0 Å². The molecule has 1 atom stereocenters. The molecule has 0 bridgehead atoms. The van der Waals surface area contributed by atoms with E-state index in [2.05, 4.69) is 17.1 Å². The Morgan fingerprint density at radius 2 is 1.82 bits per heavy atom. The summed E-state index contributed by atoms with van der Waals surface area (Å²) in [7, 11) is 0. The van der Waals surface area contributed by atoms with Crippen molar-refractivity contribution >= 4 is 24.8 Å². The van der Waals surface area contributed by atoms with E-state index in [1.54, 1.807) is 4.68 Å². The van der Waals surface area contributed by atoms with E-state index in [1.807, 2.05) is 34.9 Å². The minimum Gasteiger partial charge on any atom is -0.317 e. The van der Waals surface area contributed by atoms with Gasteiger partial charge in [-0.2, -0.15) is 5.10 Å². The van der Waals surface area contributed by atoms with Gasteiger partial charge in [-0.25, -0.2) is 14.0 Å². The lowest BCUT2D eigenvalue weighted by Crippen LogP contribution is -2.30. The molecule has 0 amide bonds. The van der Waals surface area contributed by atoms with Crippen molar-refractivity contribution in [2.75, 3.05) is 32.7 Å². The Morgan fingerprint density at radius 1 is 1.11 bits per heavy atom. The molecule has 1 N–H and O–H groups in total. The summed E-state index contributed by atoms with van der Waals surface area (Å²) in [6.45, 7) is 8.22. The summed E-state index contributed by atoms with van der Waals surface area (Å²) in [4.78, 5) is 15.7. The van der Waals surface area contributed by atoms with Crippen molar-refractivity contribution in [3.63, 3.8) is 0 Å². The van der Waals surface area contributed by atoms with Crippen molar-refractivity contribution in [1.29, 1.82) is 0 Å². The standard InChI is InChI=1S/C20H29N5O.2ClH/c1-2-23-13-10-16(14-23)15-24-20(26)25(18-6-4-3-5-7-18)19(22-24)17-8-11-21-12-9-17;;/h3-7,16-17,21H,2,8-15H2,1H3;2*1H. The molecule has 8 heteroatoms. The minimum atomic E-state index is 0. The molecule has 6 nitrogen and oxygen atoms in total. The molecule has 4 rings (SSSR count). The minimum absolute atomic E-state index is 0. The van der Waals surface area contributed by atoms with Crippen LogP contribution in [0, 0.1) is 5.92 Å². The normalized spacial score (nSPS) is 20.5. The van der Waals surface area contributed by atoms with Crippen LogP contribution in [0.3, 0.4) is 0 Å². The number of halogens is 2. The molecule has 0 saturated carbocycles. The van der Waals surface area contributed by atoms with E-state index in [-0.39, 0.29) is 30.5 Å². The summed E-state index contributed by atoms with van der Waals surface area (Å²) in [5.74, 6) is 1.81. The third-order valence-electron chi connectivity index (χ3n) is 5.83. The van der Waals surface area contributed by atoms with Crippen LogP contribution in [0.25, 0.3) is 5.69 Å². The average molecular weight is 428 g/mol. The van der Waals surface area contributed by atoms with Crippen molar-refractivity contribution in [3.05, 3.63) is 46.6 Å². The Balaban J connectivity index is 0.00000140. The lowest BCUT2D eigenvalue weighted by Gasteiger charge is -2.22. The first-order chi connectivity index (χ1) is 12.8. The Bertz CT molecular complexity index is 786. The topological polar surface area (TPSA) is 55.1 Å². The third kappa shape index (κ3) is 4.79. The number of nitrogens with zero attached hydrogens (tertiary/aromatic N) is 4. The van der Waals surface area contributed by atoms with Crippen LogP contribution in [0.4, 0.5) is 0 Å².